The monoisotopic (exact) mass is 262 g/mol. The molecule has 0 radical (unpaired) electrons. The molecule has 4 nitrogen and oxygen atoms in total. The molecule has 0 atom stereocenters. The second-order valence-corrected chi connectivity index (χ2v) is 5.56. The Hall–Kier alpha value is -1.13. The molecule has 1 saturated heterocycles. The highest BCUT2D eigenvalue weighted by Gasteiger charge is 2.15. The summed E-state index contributed by atoms with van der Waals surface area (Å²) in [5.74, 6) is 1.05. The minimum absolute atomic E-state index is 0.558. The van der Waals surface area contributed by atoms with Gasteiger partial charge < -0.3 is 15.5 Å². The molecule has 1 aliphatic rings. The fourth-order valence-electron chi connectivity index (χ4n) is 2.82. The first-order valence-electron chi connectivity index (χ1n) is 7.22. The molecule has 2 N–H and O–H groups in total. The zero-order valence-electron chi connectivity index (χ0n) is 12.4. The van der Waals surface area contributed by atoms with Crippen molar-refractivity contribution in [2.45, 2.75) is 33.2 Å². The molecular weight excluding hydrogens is 236 g/mol. The predicted octanol–water partition coefficient (Wildman–Crippen LogP) is 1.69. The van der Waals surface area contributed by atoms with Crippen molar-refractivity contribution in [3.63, 3.8) is 0 Å². The van der Waals surface area contributed by atoms with Crippen LogP contribution < -0.4 is 10.6 Å². The third kappa shape index (κ3) is 3.45. The van der Waals surface area contributed by atoms with Crippen LogP contribution in [-0.4, -0.2) is 43.1 Å². The van der Waals surface area contributed by atoms with Gasteiger partial charge in [0.25, 0.3) is 0 Å². The van der Waals surface area contributed by atoms with Gasteiger partial charge in [-0.05, 0) is 51.4 Å². The minimum atomic E-state index is 0.558. The van der Waals surface area contributed by atoms with Crippen LogP contribution in [0.2, 0.25) is 0 Å². The maximum absolute atomic E-state index is 5.88. The average molecular weight is 262 g/mol. The second-order valence-electron chi connectivity index (χ2n) is 5.56. The molecule has 2 rings (SSSR count). The van der Waals surface area contributed by atoms with E-state index >= 15 is 0 Å². The van der Waals surface area contributed by atoms with Gasteiger partial charge >= 0.3 is 0 Å². The van der Waals surface area contributed by atoms with Crippen molar-refractivity contribution in [1.82, 2.24) is 9.88 Å². The van der Waals surface area contributed by atoms with Crippen molar-refractivity contribution >= 4 is 5.82 Å². The molecule has 1 fully saturated rings. The van der Waals surface area contributed by atoms with Gasteiger partial charge in [-0.15, -0.1) is 0 Å². The number of pyridine rings is 1. The molecule has 106 valence electrons. The van der Waals surface area contributed by atoms with Gasteiger partial charge in [-0.1, -0.05) is 0 Å². The summed E-state index contributed by atoms with van der Waals surface area (Å²) >= 11 is 0. The quantitative estimate of drug-likeness (QED) is 0.877. The van der Waals surface area contributed by atoms with Gasteiger partial charge in [0.15, 0.2) is 0 Å². The maximum atomic E-state index is 5.88. The summed E-state index contributed by atoms with van der Waals surface area (Å²) < 4.78 is 0. The first-order chi connectivity index (χ1) is 9.11. The van der Waals surface area contributed by atoms with Crippen LogP contribution in [0.15, 0.2) is 6.07 Å². The Bertz CT molecular complexity index is 424. The molecule has 2 heterocycles. The smallest absolute Gasteiger partial charge is 0.133 e. The van der Waals surface area contributed by atoms with Gasteiger partial charge in [-0.25, -0.2) is 4.98 Å². The SMILES string of the molecule is Cc1cc(C)c(CN)c(N(C)CCN2CCCC2)n1. The molecule has 1 aromatic rings. The first-order valence-corrected chi connectivity index (χ1v) is 7.22. The van der Waals surface area contributed by atoms with Crippen molar-refractivity contribution in [2.75, 3.05) is 38.1 Å². The van der Waals surface area contributed by atoms with Gasteiger partial charge in [-0.2, -0.15) is 0 Å². The number of likely N-dealkylation sites (N-methyl/N-ethyl adjacent to an activating group) is 1. The van der Waals surface area contributed by atoms with E-state index in [4.69, 9.17) is 5.73 Å². The van der Waals surface area contributed by atoms with Crippen LogP contribution in [-0.2, 0) is 6.54 Å². The Balaban J connectivity index is 2.06. The molecule has 0 spiro atoms. The summed E-state index contributed by atoms with van der Waals surface area (Å²) in [5, 5.41) is 0. The lowest BCUT2D eigenvalue weighted by Gasteiger charge is -2.25. The lowest BCUT2D eigenvalue weighted by molar-refractivity contribution is 0.346. The molecule has 0 amide bonds. The molecule has 1 aromatic heterocycles. The third-order valence-corrected chi connectivity index (χ3v) is 3.97. The highest BCUT2D eigenvalue weighted by Crippen LogP contribution is 2.21. The van der Waals surface area contributed by atoms with Gasteiger partial charge in [0.2, 0.25) is 0 Å². The van der Waals surface area contributed by atoms with E-state index < -0.39 is 0 Å². The van der Waals surface area contributed by atoms with Crippen LogP contribution in [0.5, 0.6) is 0 Å². The van der Waals surface area contributed by atoms with Crippen LogP contribution in [0.4, 0.5) is 5.82 Å². The summed E-state index contributed by atoms with van der Waals surface area (Å²) in [5.41, 5.74) is 9.37. The lowest BCUT2D eigenvalue weighted by Crippen LogP contribution is -2.32. The van der Waals surface area contributed by atoms with Gasteiger partial charge in [-0.3, -0.25) is 0 Å². The summed E-state index contributed by atoms with van der Waals surface area (Å²) in [6, 6.07) is 2.11. The van der Waals surface area contributed by atoms with E-state index in [1.165, 1.54) is 37.1 Å². The highest BCUT2D eigenvalue weighted by atomic mass is 15.2. The lowest BCUT2D eigenvalue weighted by atomic mass is 10.1. The van der Waals surface area contributed by atoms with Crippen molar-refractivity contribution in [3.05, 3.63) is 22.9 Å². The summed E-state index contributed by atoms with van der Waals surface area (Å²) in [6.45, 7) is 9.36. The molecule has 19 heavy (non-hydrogen) atoms. The van der Waals surface area contributed by atoms with E-state index in [1.807, 2.05) is 6.92 Å². The standard InChI is InChI=1S/C15H26N4/c1-12-10-13(2)17-15(14(12)11-16)18(3)8-9-19-6-4-5-7-19/h10H,4-9,11,16H2,1-3H3. The number of nitrogens with two attached hydrogens (primary N) is 1. The molecule has 1 aliphatic heterocycles. The zero-order valence-corrected chi connectivity index (χ0v) is 12.4. The van der Waals surface area contributed by atoms with Gasteiger partial charge in [0.1, 0.15) is 5.82 Å². The van der Waals surface area contributed by atoms with E-state index in [-0.39, 0.29) is 0 Å². The Morgan fingerprint density at radius 3 is 2.63 bits per heavy atom. The molecular formula is C15H26N4. The second kappa shape index (κ2) is 6.35. The van der Waals surface area contributed by atoms with Crippen LogP contribution in [0.25, 0.3) is 0 Å². The van der Waals surface area contributed by atoms with E-state index in [2.05, 4.69) is 34.8 Å². The number of likely N-dealkylation sites (tertiary alicyclic amines) is 1. The van der Waals surface area contributed by atoms with Crippen molar-refractivity contribution in [2.24, 2.45) is 5.73 Å². The molecule has 4 heteroatoms. The summed E-state index contributed by atoms with van der Waals surface area (Å²) in [7, 11) is 2.12. The number of rotatable bonds is 5. The first kappa shape index (κ1) is 14.3. The topological polar surface area (TPSA) is 45.4 Å². The summed E-state index contributed by atoms with van der Waals surface area (Å²) in [4.78, 5) is 9.46. The number of aryl methyl sites for hydroxylation is 2. The Labute approximate surface area is 116 Å². The normalized spacial score (nSPS) is 16.0. The molecule has 0 aliphatic carbocycles. The van der Waals surface area contributed by atoms with E-state index in [0.29, 0.717) is 6.54 Å². The number of nitrogens with zero attached hydrogens (tertiary/aromatic N) is 3. The highest BCUT2D eigenvalue weighted by molar-refractivity contribution is 5.51. The number of anilines is 1. The number of aromatic nitrogens is 1. The Morgan fingerprint density at radius 2 is 2.00 bits per heavy atom. The van der Waals surface area contributed by atoms with Gasteiger partial charge in [0, 0.05) is 37.9 Å². The Morgan fingerprint density at radius 1 is 1.32 bits per heavy atom. The summed E-state index contributed by atoms with van der Waals surface area (Å²) in [6.07, 6.45) is 2.69. The largest absolute Gasteiger partial charge is 0.358 e. The van der Waals surface area contributed by atoms with Crippen LogP contribution in [0.3, 0.4) is 0 Å². The van der Waals surface area contributed by atoms with Crippen LogP contribution in [0.1, 0.15) is 29.7 Å². The number of hydrogen-bond donors (Lipinski definition) is 1. The fourth-order valence-corrected chi connectivity index (χ4v) is 2.82. The molecule has 0 bridgehead atoms. The van der Waals surface area contributed by atoms with E-state index in [1.54, 1.807) is 0 Å². The fraction of sp³-hybridized carbons (Fsp3) is 0.667. The maximum Gasteiger partial charge on any atom is 0.133 e. The van der Waals surface area contributed by atoms with Crippen molar-refractivity contribution in [3.8, 4) is 0 Å². The predicted molar refractivity (Wildman–Crippen MR) is 80.5 cm³/mol. The molecule has 0 unspecified atom stereocenters. The average Bonchev–Trinajstić information content (AvgIpc) is 2.88. The Kier molecular flexibility index (Phi) is 4.77. The van der Waals surface area contributed by atoms with Crippen LogP contribution in [0, 0.1) is 13.8 Å². The van der Waals surface area contributed by atoms with Crippen LogP contribution >= 0.6 is 0 Å². The molecule has 0 saturated carbocycles. The van der Waals surface area contributed by atoms with Crippen molar-refractivity contribution < 1.29 is 0 Å². The minimum Gasteiger partial charge on any atom is -0.358 e. The van der Waals surface area contributed by atoms with Gasteiger partial charge in [0.05, 0.1) is 0 Å². The number of hydrogen-bond acceptors (Lipinski definition) is 4. The van der Waals surface area contributed by atoms with E-state index in [9.17, 15) is 0 Å². The third-order valence-electron chi connectivity index (χ3n) is 3.97. The molecule has 0 aromatic carbocycles. The van der Waals surface area contributed by atoms with E-state index in [0.717, 1.165) is 24.6 Å². The van der Waals surface area contributed by atoms with Crippen molar-refractivity contribution in [1.29, 1.82) is 0 Å². The zero-order chi connectivity index (χ0) is 13.8.